The summed E-state index contributed by atoms with van der Waals surface area (Å²) in [4.78, 5) is 23.1. The molecule has 4 heterocycles. The summed E-state index contributed by atoms with van der Waals surface area (Å²) in [5, 5.41) is 7.72. The fourth-order valence-corrected chi connectivity index (χ4v) is 4.36. The molecule has 1 aliphatic carbocycles. The van der Waals surface area contributed by atoms with Gasteiger partial charge >= 0.3 is 0 Å². The number of pyridine rings is 2. The maximum Gasteiger partial charge on any atom is 0.244 e. The predicted octanol–water partition coefficient (Wildman–Crippen LogP) is 5.09. The Morgan fingerprint density at radius 3 is 2.59 bits per heavy atom. The van der Waals surface area contributed by atoms with Gasteiger partial charge in [0.25, 0.3) is 0 Å². The number of carbonyl (C=O) groups excluding carboxylic acids is 1. The van der Waals surface area contributed by atoms with Gasteiger partial charge in [-0.2, -0.15) is 5.10 Å². The third-order valence-electron chi connectivity index (χ3n) is 6.52. The van der Waals surface area contributed by atoms with Crippen molar-refractivity contribution in [1.29, 1.82) is 0 Å². The van der Waals surface area contributed by atoms with Gasteiger partial charge in [-0.1, -0.05) is 6.92 Å². The van der Waals surface area contributed by atoms with E-state index >= 15 is 0 Å². The molecule has 10 heteroatoms. The van der Waals surface area contributed by atoms with Gasteiger partial charge in [-0.05, 0) is 59.9 Å². The van der Waals surface area contributed by atoms with Crippen molar-refractivity contribution >= 4 is 28.7 Å². The van der Waals surface area contributed by atoms with Crippen molar-refractivity contribution in [3.05, 3.63) is 72.4 Å². The minimum atomic E-state index is -0.547. The van der Waals surface area contributed by atoms with Gasteiger partial charge in [-0.25, -0.2) is 14.4 Å². The van der Waals surface area contributed by atoms with Gasteiger partial charge in [0, 0.05) is 42.2 Å². The Bertz CT molecular complexity index is 1580. The highest BCUT2D eigenvalue weighted by Gasteiger charge is 2.34. The number of fused-ring (bicyclic) bond motifs is 1. The molecule has 188 valence electrons. The lowest BCUT2D eigenvalue weighted by Gasteiger charge is -2.12. The number of benzene rings is 1. The van der Waals surface area contributed by atoms with Crippen LogP contribution in [0.3, 0.4) is 0 Å². The van der Waals surface area contributed by atoms with Crippen molar-refractivity contribution in [1.82, 2.24) is 24.7 Å². The zero-order valence-corrected chi connectivity index (χ0v) is 20.6. The summed E-state index contributed by atoms with van der Waals surface area (Å²) in [5.41, 5.74) is 9.64. The van der Waals surface area contributed by atoms with E-state index in [4.69, 9.17) is 10.2 Å². The van der Waals surface area contributed by atoms with Crippen LogP contribution >= 0.6 is 0 Å². The van der Waals surface area contributed by atoms with Crippen LogP contribution in [0.1, 0.15) is 30.4 Å². The number of aromatic nitrogens is 5. The van der Waals surface area contributed by atoms with Crippen LogP contribution in [0.25, 0.3) is 33.5 Å². The van der Waals surface area contributed by atoms with Crippen LogP contribution in [-0.4, -0.2) is 31.1 Å². The molecule has 4 aromatic heterocycles. The standard InChI is InChI=1S/C19H14FN5O2.C8H12N2/c1-10-4-15(19-22-2-3-27-19)23-7-13(10)12-5-11-6-16(25-9-26)24-8-14(11)18(21)17(12)20;1-6-3-8(6)7-4-9-10(2)5-7/h2-9H,21H2,1H3,(H,24,25,26);4-6,8H,3H2,1-2H3. The number of nitrogens with two attached hydrogens (primary N) is 1. The third kappa shape index (κ3) is 4.90. The minimum Gasteiger partial charge on any atom is -0.443 e. The molecule has 0 aliphatic heterocycles. The summed E-state index contributed by atoms with van der Waals surface area (Å²) < 4.78 is 22.1. The molecule has 1 fully saturated rings. The molecule has 1 saturated carbocycles. The van der Waals surface area contributed by atoms with Gasteiger partial charge < -0.3 is 15.5 Å². The number of rotatable bonds is 5. The second kappa shape index (κ2) is 9.81. The number of hydrogen-bond donors (Lipinski definition) is 2. The van der Waals surface area contributed by atoms with E-state index in [2.05, 4.69) is 38.5 Å². The monoisotopic (exact) mass is 499 g/mol. The maximum atomic E-state index is 14.9. The molecule has 1 aromatic carbocycles. The molecule has 2 unspecified atom stereocenters. The molecule has 6 rings (SSSR count). The van der Waals surface area contributed by atoms with Crippen LogP contribution in [0.15, 0.2) is 59.9 Å². The summed E-state index contributed by atoms with van der Waals surface area (Å²) in [5.74, 6) is 1.90. The molecule has 2 atom stereocenters. The van der Waals surface area contributed by atoms with Gasteiger partial charge in [0.2, 0.25) is 12.3 Å². The largest absolute Gasteiger partial charge is 0.443 e. The molecule has 1 aliphatic rings. The highest BCUT2D eigenvalue weighted by molar-refractivity contribution is 5.98. The SMILES string of the molecule is CC1CC1c1cnn(C)c1.Cc1cc(-c2ncco2)ncc1-c1cc2cc(NC=O)ncc2c(N)c1F. The van der Waals surface area contributed by atoms with E-state index in [0.29, 0.717) is 45.7 Å². The van der Waals surface area contributed by atoms with E-state index in [9.17, 15) is 9.18 Å². The van der Waals surface area contributed by atoms with Gasteiger partial charge in [-0.15, -0.1) is 0 Å². The number of nitrogens with one attached hydrogen (secondary N) is 1. The van der Waals surface area contributed by atoms with E-state index in [0.717, 1.165) is 17.4 Å². The van der Waals surface area contributed by atoms with Gasteiger partial charge in [0.15, 0.2) is 5.82 Å². The Morgan fingerprint density at radius 2 is 1.97 bits per heavy atom. The second-order valence-corrected chi connectivity index (χ2v) is 9.19. The average molecular weight is 500 g/mol. The van der Waals surface area contributed by atoms with E-state index < -0.39 is 5.82 Å². The van der Waals surface area contributed by atoms with Crippen LogP contribution in [0, 0.1) is 18.7 Å². The first-order chi connectivity index (χ1) is 17.9. The van der Waals surface area contributed by atoms with Gasteiger partial charge in [0.1, 0.15) is 17.8 Å². The number of halogens is 1. The number of aryl methyl sites for hydroxylation is 2. The molecular formula is C27H26FN7O2. The number of nitrogens with zero attached hydrogens (tertiary/aromatic N) is 5. The maximum absolute atomic E-state index is 14.9. The lowest BCUT2D eigenvalue weighted by Crippen LogP contribution is -2.00. The van der Waals surface area contributed by atoms with Crippen molar-refractivity contribution in [3.63, 3.8) is 0 Å². The van der Waals surface area contributed by atoms with Crippen LogP contribution in [0.2, 0.25) is 0 Å². The average Bonchev–Trinajstić information content (AvgIpc) is 3.25. The molecule has 0 bridgehead atoms. The Morgan fingerprint density at radius 1 is 1.16 bits per heavy atom. The predicted molar refractivity (Wildman–Crippen MR) is 139 cm³/mol. The molecule has 0 spiro atoms. The molecule has 0 radical (unpaired) electrons. The quantitative estimate of drug-likeness (QED) is 0.255. The number of carbonyl (C=O) groups is 1. The fourth-order valence-electron chi connectivity index (χ4n) is 4.36. The molecule has 5 aromatic rings. The van der Waals surface area contributed by atoms with Crippen molar-refractivity contribution in [2.24, 2.45) is 13.0 Å². The van der Waals surface area contributed by atoms with Crippen LogP contribution in [0.4, 0.5) is 15.9 Å². The molecule has 1 amide bonds. The third-order valence-corrected chi connectivity index (χ3v) is 6.52. The van der Waals surface area contributed by atoms with Crippen molar-refractivity contribution < 1.29 is 13.6 Å². The Kier molecular flexibility index (Phi) is 6.39. The first kappa shape index (κ1) is 24.1. The highest BCUT2D eigenvalue weighted by Crippen LogP contribution is 2.46. The zero-order chi connectivity index (χ0) is 26.1. The van der Waals surface area contributed by atoms with Crippen molar-refractivity contribution in [2.45, 2.75) is 26.2 Å². The molecule has 9 nitrogen and oxygen atoms in total. The van der Waals surface area contributed by atoms with E-state index in [1.807, 2.05) is 24.9 Å². The molecule has 37 heavy (non-hydrogen) atoms. The number of hydrogen-bond acceptors (Lipinski definition) is 7. The van der Waals surface area contributed by atoms with Crippen molar-refractivity contribution in [3.8, 4) is 22.7 Å². The Hall–Kier alpha value is -4.60. The number of oxazole rings is 1. The first-order valence-electron chi connectivity index (χ1n) is 11.8. The molecular weight excluding hydrogens is 473 g/mol. The summed E-state index contributed by atoms with van der Waals surface area (Å²) >= 11 is 0. The summed E-state index contributed by atoms with van der Waals surface area (Å²) in [6.45, 7) is 4.13. The topological polar surface area (TPSA) is 125 Å². The lowest BCUT2D eigenvalue weighted by atomic mass is 9.97. The zero-order valence-electron chi connectivity index (χ0n) is 20.6. The summed E-state index contributed by atoms with van der Waals surface area (Å²) in [6, 6.07) is 5.06. The lowest BCUT2D eigenvalue weighted by molar-refractivity contribution is -0.105. The van der Waals surface area contributed by atoms with Crippen LogP contribution in [0.5, 0.6) is 0 Å². The Balaban J connectivity index is 0.000000233. The first-order valence-corrected chi connectivity index (χ1v) is 11.8. The summed E-state index contributed by atoms with van der Waals surface area (Å²) in [6.07, 6.45) is 12.0. The normalized spacial score (nSPS) is 16.2. The second-order valence-electron chi connectivity index (χ2n) is 9.19. The van der Waals surface area contributed by atoms with E-state index in [1.165, 1.54) is 30.6 Å². The Labute approximate surface area is 212 Å². The fraction of sp³-hybridized carbons (Fsp3) is 0.222. The molecule has 3 N–H and O–H groups in total. The smallest absolute Gasteiger partial charge is 0.244 e. The molecule has 0 saturated heterocycles. The van der Waals surface area contributed by atoms with Gasteiger partial charge in [-0.3, -0.25) is 14.5 Å². The minimum absolute atomic E-state index is 0.0103. The highest BCUT2D eigenvalue weighted by atomic mass is 19.1. The van der Waals surface area contributed by atoms with E-state index in [1.54, 1.807) is 24.4 Å². The number of anilines is 2. The van der Waals surface area contributed by atoms with Crippen LogP contribution < -0.4 is 11.1 Å². The van der Waals surface area contributed by atoms with Crippen LogP contribution in [-0.2, 0) is 11.8 Å². The van der Waals surface area contributed by atoms with Gasteiger partial charge in [0.05, 0.1) is 18.1 Å². The number of amides is 1. The van der Waals surface area contributed by atoms with E-state index in [-0.39, 0.29) is 5.69 Å². The summed E-state index contributed by atoms with van der Waals surface area (Å²) in [7, 11) is 1.97. The number of nitrogen functional groups attached to an aromatic ring is 1. The van der Waals surface area contributed by atoms with Crippen molar-refractivity contribution in [2.75, 3.05) is 11.1 Å².